The second kappa shape index (κ2) is 5.70. The van der Waals surface area contributed by atoms with Gasteiger partial charge in [-0.2, -0.15) is 4.98 Å². The van der Waals surface area contributed by atoms with Crippen molar-refractivity contribution in [2.75, 3.05) is 26.1 Å². The Morgan fingerprint density at radius 1 is 1.62 bits per heavy atom. The van der Waals surface area contributed by atoms with E-state index in [-0.39, 0.29) is 0 Å². The van der Waals surface area contributed by atoms with Gasteiger partial charge in [0.2, 0.25) is 5.88 Å². The van der Waals surface area contributed by atoms with Crippen molar-refractivity contribution in [3.05, 3.63) is 11.2 Å². The number of hydrogen-bond donors (Lipinski definition) is 0. The summed E-state index contributed by atoms with van der Waals surface area (Å²) in [4.78, 5) is 8.26. The SMILES string of the molecule is CSc1nc(Cl)cc(OCC2CCOC2)n1. The Kier molecular flexibility index (Phi) is 4.26. The molecule has 2 heterocycles. The summed E-state index contributed by atoms with van der Waals surface area (Å²) in [5, 5.41) is 1.04. The van der Waals surface area contributed by atoms with E-state index in [1.807, 2.05) is 6.26 Å². The largest absolute Gasteiger partial charge is 0.477 e. The molecule has 1 aromatic rings. The maximum atomic E-state index is 5.86. The zero-order chi connectivity index (χ0) is 11.4. The highest BCUT2D eigenvalue weighted by Gasteiger charge is 2.16. The smallest absolute Gasteiger partial charge is 0.218 e. The zero-order valence-electron chi connectivity index (χ0n) is 8.98. The summed E-state index contributed by atoms with van der Waals surface area (Å²) in [6.45, 7) is 2.23. The third-order valence-corrected chi connectivity index (χ3v) is 3.07. The Bertz CT molecular complexity index is 359. The van der Waals surface area contributed by atoms with E-state index < -0.39 is 0 Å². The second-order valence-corrected chi connectivity index (χ2v) is 4.72. The van der Waals surface area contributed by atoms with Gasteiger partial charge in [0, 0.05) is 18.6 Å². The lowest BCUT2D eigenvalue weighted by Gasteiger charge is -2.09. The average Bonchev–Trinajstić information content (AvgIpc) is 2.78. The number of rotatable bonds is 4. The Labute approximate surface area is 104 Å². The van der Waals surface area contributed by atoms with Crippen LogP contribution >= 0.6 is 23.4 Å². The minimum atomic E-state index is 0.414. The van der Waals surface area contributed by atoms with Crippen molar-refractivity contribution in [2.24, 2.45) is 5.92 Å². The Morgan fingerprint density at radius 3 is 3.19 bits per heavy atom. The molecular formula is C10H13ClN2O2S. The topological polar surface area (TPSA) is 44.2 Å². The van der Waals surface area contributed by atoms with E-state index in [4.69, 9.17) is 21.1 Å². The molecular weight excluding hydrogens is 248 g/mol. The van der Waals surface area contributed by atoms with Crippen molar-refractivity contribution in [2.45, 2.75) is 11.6 Å². The van der Waals surface area contributed by atoms with E-state index >= 15 is 0 Å². The highest BCUT2D eigenvalue weighted by Crippen LogP contribution is 2.20. The summed E-state index contributed by atoms with van der Waals surface area (Å²) < 4.78 is 10.9. The van der Waals surface area contributed by atoms with Crippen LogP contribution in [0.25, 0.3) is 0 Å². The second-order valence-electron chi connectivity index (χ2n) is 3.56. The van der Waals surface area contributed by atoms with Gasteiger partial charge in [0.15, 0.2) is 5.16 Å². The van der Waals surface area contributed by atoms with Crippen molar-refractivity contribution in [3.63, 3.8) is 0 Å². The molecule has 1 unspecified atom stereocenters. The van der Waals surface area contributed by atoms with Gasteiger partial charge in [0.05, 0.1) is 13.2 Å². The molecule has 16 heavy (non-hydrogen) atoms. The fourth-order valence-electron chi connectivity index (χ4n) is 1.46. The first-order valence-corrected chi connectivity index (χ1v) is 6.67. The number of ether oxygens (including phenoxy) is 2. The standard InChI is InChI=1S/C10H13ClN2O2S/c1-16-10-12-8(11)4-9(13-10)15-6-7-2-3-14-5-7/h4,7H,2-3,5-6H2,1H3. The molecule has 1 atom stereocenters. The highest BCUT2D eigenvalue weighted by molar-refractivity contribution is 7.98. The van der Waals surface area contributed by atoms with E-state index in [9.17, 15) is 0 Å². The zero-order valence-corrected chi connectivity index (χ0v) is 10.6. The Balaban J connectivity index is 1.94. The van der Waals surface area contributed by atoms with Crippen LogP contribution in [0, 0.1) is 5.92 Å². The molecule has 0 saturated carbocycles. The molecule has 0 amide bonds. The number of hydrogen-bond acceptors (Lipinski definition) is 5. The molecule has 0 N–H and O–H groups in total. The lowest BCUT2D eigenvalue weighted by Crippen LogP contribution is -2.12. The molecule has 6 heteroatoms. The molecule has 1 aliphatic heterocycles. The third-order valence-electron chi connectivity index (χ3n) is 2.32. The summed E-state index contributed by atoms with van der Waals surface area (Å²) in [6.07, 6.45) is 2.95. The molecule has 88 valence electrons. The van der Waals surface area contributed by atoms with Crippen LogP contribution < -0.4 is 4.74 Å². The van der Waals surface area contributed by atoms with Gasteiger partial charge >= 0.3 is 0 Å². The van der Waals surface area contributed by atoms with E-state index in [1.54, 1.807) is 6.07 Å². The van der Waals surface area contributed by atoms with Crippen LogP contribution in [-0.2, 0) is 4.74 Å². The van der Waals surface area contributed by atoms with Crippen LogP contribution in [0.1, 0.15) is 6.42 Å². The minimum absolute atomic E-state index is 0.414. The molecule has 0 aromatic carbocycles. The summed E-state index contributed by atoms with van der Waals surface area (Å²) in [5.74, 6) is 1.00. The van der Waals surface area contributed by atoms with Crippen molar-refractivity contribution in [3.8, 4) is 5.88 Å². The minimum Gasteiger partial charge on any atom is -0.477 e. The molecule has 1 aromatic heterocycles. The predicted octanol–water partition coefficient (Wildman–Crippen LogP) is 2.27. The van der Waals surface area contributed by atoms with Gasteiger partial charge < -0.3 is 9.47 Å². The van der Waals surface area contributed by atoms with Gasteiger partial charge in [0.1, 0.15) is 5.15 Å². The van der Waals surface area contributed by atoms with E-state index in [0.717, 1.165) is 19.6 Å². The lowest BCUT2D eigenvalue weighted by atomic mass is 10.1. The van der Waals surface area contributed by atoms with Crippen LogP contribution in [0.2, 0.25) is 5.15 Å². The number of nitrogens with zero attached hydrogens (tertiary/aromatic N) is 2. The summed E-state index contributed by atoms with van der Waals surface area (Å²) in [6, 6.07) is 1.64. The molecule has 0 spiro atoms. The van der Waals surface area contributed by atoms with Crippen LogP contribution in [0.4, 0.5) is 0 Å². The Hall–Kier alpha value is -0.520. The van der Waals surface area contributed by atoms with Gasteiger partial charge in [-0.1, -0.05) is 23.4 Å². The van der Waals surface area contributed by atoms with Crippen molar-refractivity contribution < 1.29 is 9.47 Å². The molecule has 0 aliphatic carbocycles. The Morgan fingerprint density at radius 2 is 2.50 bits per heavy atom. The quantitative estimate of drug-likeness (QED) is 0.472. The van der Waals surface area contributed by atoms with E-state index in [0.29, 0.717) is 28.7 Å². The van der Waals surface area contributed by atoms with Crippen LogP contribution in [0.15, 0.2) is 11.2 Å². The predicted molar refractivity (Wildman–Crippen MR) is 63.2 cm³/mol. The molecule has 1 aliphatic rings. The van der Waals surface area contributed by atoms with Crippen molar-refractivity contribution in [1.82, 2.24) is 9.97 Å². The monoisotopic (exact) mass is 260 g/mol. The van der Waals surface area contributed by atoms with Gasteiger partial charge in [-0.3, -0.25) is 0 Å². The lowest BCUT2D eigenvalue weighted by molar-refractivity contribution is 0.165. The normalized spacial score (nSPS) is 20.0. The first-order chi connectivity index (χ1) is 7.78. The molecule has 0 bridgehead atoms. The molecule has 1 fully saturated rings. The number of aromatic nitrogens is 2. The van der Waals surface area contributed by atoms with Crippen molar-refractivity contribution in [1.29, 1.82) is 0 Å². The average molecular weight is 261 g/mol. The van der Waals surface area contributed by atoms with Crippen LogP contribution in [0.5, 0.6) is 5.88 Å². The van der Waals surface area contributed by atoms with E-state index in [2.05, 4.69) is 9.97 Å². The maximum absolute atomic E-state index is 5.86. The summed E-state index contributed by atoms with van der Waals surface area (Å²) in [5.41, 5.74) is 0. The third kappa shape index (κ3) is 3.23. The van der Waals surface area contributed by atoms with Crippen LogP contribution in [0.3, 0.4) is 0 Å². The van der Waals surface area contributed by atoms with Gasteiger partial charge in [-0.25, -0.2) is 4.98 Å². The van der Waals surface area contributed by atoms with Gasteiger partial charge in [-0.05, 0) is 12.7 Å². The van der Waals surface area contributed by atoms with E-state index in [1.165, 1.54) is 11.8 Å². The number of halogens is 1. The fourth-order valence-corrected chi connectivity index (χ4v) is 2.05. The summed E-state index contributed by atoms with van der Waals surface area (Å²) in [7, 11) is 0. The van der Waals surface area contributed by atoms with Gasteiger partial charge in [0.25, 0.3) is 0 Å². The van der Waals surface area contributed by atoms with Crippen LogP contribution in [-0.4, -0.2) is 36.0 Å². The first kappa shape index (κ1) is 12.0. The maximum Gasteiger partial charge on any atom is 0.218 e. The summed E-state index contributed by atoms with van der Waals surface area (Å²) >= 11 is 7.30. The fraction of sp³-hybridized carbons (Fsp3) is 0.600. The molecule has 1 saturated heterocycles. The molecule has 4 nitrogen and oxygen atoms in total. The van der Waals surface area contributed by atoms with Crippen molar-refractivity contribution >= 4 is 23.4 Å². The molecule has 2 rings (SSSR count). The first-order valence-electron chi connectivity index (χ1n) is 5.07. The van der Waals surface area contributed by atoms with Gasteiger partial charge in [-0.15, -0.1) is 0 Å². The number of thioether (sulfide) groups is 1. The highest BCUT2D eigenvalue weighted by atomic mass is 35.5. The molecule has 0 radical (unpaired) electrons.